The largest absolute Gasteiger partial charge is 0.336 e. The van der Waals surface area contributed by atoms with E-state index in [4.69, 9.17) is 5.73 Å². The maximum atomic E-state index is 13.8. The van der Waals surface area contributed by atoms with Gasteiger partial charge in [0, 0.05) is 24.6 Å². The van der Waals surface area contributed by atoms with Crippen LogP contribution in [0.3, 0.4) is 0 Å². The molecular formula is C19H27Cl2F2N3O. The van der Waals surface area contributed by atoms with Crippen LogP contribution >= 0.6 is 24.8 Å². The predicted molar refractivity (Wildman–Crippen MR) is 105 cm³/mol. The number of hydrogen-bond acceptors (Lipinski definition) is 3. The zero-order valence-electron chi connectivity index (χ0n) is 15.5. The van der Waals surface area contributed by atoms with Crippen molar-refractivity contribution in [3.05, 3.63) is 35.4 Å². The topological polar surface area (TPSA) is 49.6 Å². The fourth-order valence-corrected chi connectivity index (χ4v) is 5.11. The average Bonchev–Trinajstić information content (AvgIpc) is 2.96. The molecule has 4 fully saturated rings. The van der Waals surface area contributed by atoms with Gasteiger partial charge in [0.25, 0.3) is 0 Å². The number of nitrogens with two attached hydrogens (primary N) is 1. The Labute approximate surface area is 171 Å². The Balaban J connectivity index is 0.00000131. The van der Waals surface area contributed by atoms with Gasteiger partial charge >= 0.3 is 0 Å². The SMILES string of the molecule is CC(C)(N)C(=O)N1C[C@H](c2cc(F)cc(F)c2)[C@@H]2[C@H]1C1CCN2CC1.Cl.Cl. The van der Waals surface area contributed by atoms with Gasteiger partial charge in [-0.3, -0.25) is 9.69 Å². The maximum absolute atomic E-state index is 13.8. The van der Waals surface area contributed by atoms with E-state index in [9.17, 15) is 13.6 Å². The molecule has 0 aromatic heterocycles. The molecule has 8 heteroatoms. The number of carbonyl (C=O) groups excluding carboxylic acids is 1. The van der Waals surface area contributed by atoms with Gasteiger partial charge in [-0.25, -0.2) is 8.78 Å². The summed E-state index contributed by atoms with van der Waals surface area (Å²) in [6.45, 7) is 5.91. The second kappa shape index (κ2) is 7.82. The van der Waals surface area contributed by atoms with Gasteiger partial charge in [0.05, 0.1) is 11.6 Å². The number of fused-ring (bicyclic) bond motifs is 2. The molecule has 3 atom stereocenters. The molecule has 2 N–H and O–H groups in total. The minimum absolute atomic E-state index is 0. The van der Waals surface area contributed by atoms with Crippen LogP contribution in [-0.4, -0.2) is 53.0 Å². The standard InChI is InChI=1S/C19H25F2N3O.2ClH/c1-19(2,22)18(25)24-10-15(12-7-13(20)9-14(21)8-12)17-16(24)11-3-5-23(17)6-4-11;;/h7-9,11,15-17H,3-6,10,22H2,1-2H3;2*1H/t15-,16-,17-;;/m1../s1. The molecule has 1 aromatic rings. The summed E-state index contributed by atoms with van der Waals surface area (Å²) in [7, 11) is 0. The summed E-state index contributed by atoms with van der Waals surface area (Å²) >= 11 is 0. The van der Waals surface area contributed by atoms with Gasteiger partial charge in [0.15, 0.2) is 0 Å². The summed E-state index contributed by atoms with van der Waals surface area (Å²) < 4.78 is 27.6. The lowest BCUT2D eigenvalue weighted by atomic mass is 9.75. The van der Waals surface area contributed by atoms with E-state index in [1.54, 1.807) is 13.8 Å². The third kappa shape index (κ3) is 3.82. The predicted octanol–water partition coefficient (Wildman–Crippen LogP) is 2.93. The Kier molecular flexibility index (Phi) is 6.47. The van der Waals surface area contributed by atoms with Gasteiger partial charge in [-0.15, -0.1) is 24.8 Å². The fourth-order valence-electron chi connectivity index (χ4n) is 5.11. The van der Waals surface area contributed by atoms with E-state index in [0.717, 1.165) is 32.0 Å². The Bertz CT molecular complexity index is 684. The zero-order valence-corrected chi connectivity index (χ0v) is 17.2. The molecule has 5 rings (SSSR count). The normalized spacial score (nSPS) is 31.7. The van der Waals surface area contributed by atoms with Crippen LogP contribution in [0.2, 0.25) is 0 Å². The first-order valence-electron chi connectivity index (χ1n) is 9.05. The molecule has 4 saturated heterocycles. The highest BCUT2D eigenvalue weighted by molar-refractivity contribution is 5.86. The molecule has 2 bridgehead atoms. The van der Waals surface area contributed by atoms with Crippen molar-refractivity contribution in [1.82, 2.24) is 9.80 Å². The lowest BCUT2D eigenvalue weighted by Gasteiger charge is -2.51. The first-order valence-corrected chi connectivity index (χ1v) is 9.05. The van der Waals surface area contributed by atoms with Crippen LogP contribution in [0.15, 0.2) is 18.2 Å². The molecule has 0 spiro atoms. The first-order chi connectivity index (χ1) is 11.8. The van der Waals surface area contributed by atoms with E-state index in [1.165, 1.54) is 12.1 Å². The highest BCUT2D eigenvalue weighted by Crippen LogP contribution is 2.47. The number of likely N-dealkylation sites (tertiary alicyclic amines) is 1. The smallest absolute Gasteiger partial charge is 0.242 e. The van der Waals surface area contributed by atoms with E-state index in [0.29, 0.717) is 18.0 Å². The molecular weight excluding hydrogens is 395 g/mol. The van der Waals surface area contributed by atoms with Gasteiger partial charge in [0.2, 0.25) is 5.91 Å². The number of halogens is 4. The summed E-state index contributed by atoms with van der Waals surface area (Å²) in [5.41, 5.74) is 5.78. The molecule has 27 heavy (non-hydrogen) atoms. The number of rotatable bonds is 2. The average molecular weight is 422 g/mol. The third-order valence-corrected chi connectivity index (χ3v) is 6.12. The highest BCUT2D eigenvalue weighted by Gasteiger charge is 2.55. The summed E-state index contributed by atoms with van der Waals surface area (Å²) in [5, 5.41) is 0. The number of hydrogen-bond donors (Lipinski definition) is 1. The quantitative estimate of drug-likeness (QED) is 0.798. The lowest BCUT2D eigenvalue weighted by molar-refractivity contribution is -0.140. The van der Waals surface area contributed by atoms with Crippen LogP contribution in [0.1, 0.15) is 38.2 Å². The van der Waals surface area contributed by atoms with Crippen LogP contribution in [0.25, 0.3) is 0 Å². The van der Waals surface area contributed by atoms with Crippen molar-refractivity contribution in [2.24, 2.45) is 11.7 Å². The van der Waals surface area contributed by atoms with Crippen LogP contribution in [0, 0.1) is 17.6 Å². The van der Waals surface area contributed by atoms with Gasteiger partial charge in [0.1, 0.15) is 11.6 Å². The number of carbonyl (C=O) groups is 1. The van der Waals surface area contributed by atoms with Gasteiger partial charge in [-0.1, -0.05) is 0 Å². The van der Waals surface area contributed by atoms with Gasteiger partial charge < -0.3 is 10.6 Å². The Hall–Kier alpha value is -0.950. The summed E-state index contributed by atoms with van der Waals surface area (Å²) in [4.78, 5) is 17.2. The van der Waals surface area contributed by atoms with Crippen molar-refractivity contribution >= 4 is 30.7 Å². The van der Waals surface area contributed by atoms with E-state index < -0.39 is 17.2 Å². The Morgan fingerprint density at radius 2 is 1.63 bits per heavy atom. The molecule has 4 aliphatic heterocycles. The van der Waals surface area contributed by atoms with Crippen molar-refractivity contribution in [2.75, 3.05) is 19.6 Å². The lowest BCUT2D eigenvalue weighted by Crippen LogP contribution is -2.63. The second-order valence-corrected chi connectivity index (χ2v) is 8.34. The number of benzene rings is 1. The number of piperidine rings is 3. The minimum Gasteiger partial charge on any atom is -0.336 e. The monoisotopic (exact) mass is 421 g/mol. The molecule has 1 amide bonds. The molecule has 152 valence electrons. The molecule has 4 heterocycles. The Morgan fingerprint density at radius 3 is 2.15 bits per heavy atom. The van der Waals surface area contributed by atoms with Crippen LogP contribution in [-0.2, 0) is 4.79 Å². The van der Waals surface area contributed by atoms with E-state index in [-0.39, 0.29) is 48.7 Å². The van der Waals surface area contributed by atoms with Gasteiger partial charge in [-0.2, -0.15) is 0 Å². The van der Waals surface area contributed by atoms with Crippen molar-refractivity contribution < 1.29 is 13.6 Å². The van der Waals surface area contributed by atoms with E-state index >= 15 is 0 Å². The van der Waals surface area contributed by atoms with Gasteiger partial charge in [-0.05, 0) is 63.4 Å². The molecule has 0 unspecified atom stereocenters. The van der Waals surface area contributed by atoms with Crippen molar-refractivity contribution in [2.45, 2.75) is 50.2 Å². The van der Waals surface area contributed by atoms with Crippen LogP contribution in [0.5, 0.6) is 0 Å². The van der Waals surface area contributed by atoms with Crippen LogP contribution in [0.4, 0.5) is 8.78 Å². The Morgan fingerprint density at radius 1 is 1.07 bits per heavy atom. The van der Waals surface area contributed by atoms with E-state index in [2.05, 4.69) is 4.90 Å². The fraction of sp³-hybridized carbons (Fsp3) is 0.632. The summed E-state index contributed by atoms with van der Waals surface area (Å²) in [5.74, 6) is -0.831. The second-order valence-electron chi connectivity index (χ2n) is 8.34. The van der Waals surface area contributed by atoms with Crippen molar-refractivity contribution in [3.8, 4) is 0 Å². The van der Waals surface area contributed by atoms with Crippen molar-refractivity contribution in [1.29, 1.82) is 0 Å². The highest BCUT2D eigenvalue weighted by atomic mass is 35.5. The third-order valence-electron chi connectivity index (χ3n) is 6.12. The summed E-state index contributed by atoms with van der Waals surface area (Å²) in [6, 6.07) is 3.94. The van der Waals surface area contributed by atoms with Crippen LogP contribution < -0.4 is 5.73 Å². The minimum atomic E-state index is -0.946. The first kappa shape index (κ1) is 22.3. The number of amides is 1. The molecule has 4 nitrogen and oxygen atoms in total. The summed E-state index contributed by atoms with van der Waals surface area (Å²) in [6.07, 6.45) is 2.14. The maximum Gasteiger partial charge on any atom is 0.242 e. The van der Waals surface area contributed by atoms with Crippen molar-refractivity contribution in [3.63, 3.8) is 0 Å². The molecule has 0 aliphatic carbocycles. The molecule has 0 radical (unpaired) electrons. The zero-order chi connectivity index (χ0) is 17.9. The van der Waals surface area contributed by atoms with E-state index in [1.807, 2.05) is 4.90 Å². The molecule has 4 aliphatic rings. The molecule has 1 aromatic carbocycles. The molecule has 0 saturated carbocycles. The number of nitrogens with zero attached hydrogens (tertiary/aromatic N) is 2.